The lowest BCUT2D eigenvalue weighted by atomic mass is 10.4. The van der Waals surface area contributed by atoms with Gasteiger partial charge >= 0.3 is 0 Å². The van der Waals surface area contributed by atoms with Gasteiger partial charge in [-0.2, -0.15) is 0 Å². The van der Waals surface area contributed by atoms with Gasteiger partial charge in [-0.15, -0.1) is 0 Å². The SMILES string of the molecule is C/C=C/CNc1ncc(Br)cc1F. The molecular formula is C9H10BrFN2. The van der Waals surface area contributed by atoms with E-state index in [-0.39, 0.29) is 11.6 Å². The number of nitrogens with one attached hydrogen (secondary N) is 1. The molecule has 0 aliphatic rings. The summed E-state index contributed by atoms with van der Waals surface area (Å²) in [4.78, 5) is 3.88. The van der Waals surface area contributed by atoms with Crippen LogP contribution in [-0.2, 0) is 0 Å². The molecule has 1 N–H and O–H groups in total. The predicted molar refractivity (Wildman–Crippen MR) is 55.2 cm³/mol. The van der Waals surface area contributed by atoms with Crippen LogP contribution in [-0.4, -0.2) is 11.5 Å². The molecule has 1 heterocycles. The van der Waals surface area contributed by atoms with Crippen LogP contribution in [0.2, 0.25) is 0 Å². The third-order valence-corrected chi connectivity index (χ3v) is 1.86. The Morgan fingerprint density at radius 1 is 1.69 bits per heavy atom. The largest absolute Gasteiger partial charge is 0.364 e. The van der Waals surface area contributed by atoms with Crippen molar-refractivity contribution in [3.63, 3.8) is 0 Å². The van der Waals surface area contributed by atoms with Crippen LogP contribution >= 0.6 is 15.9 Å². The summed E-state index contributed by atoms with van der Waals surface area (Å²) in [6.45, 7) is 2.50. The fraction of sp³-hybridized carbons (Fsp3) is 0.222. The lowest BCUT2D eigenvalue weighted by Crippen LogP contribution is -2.02. The first kappa shape index (κ1) is 10.2. The van der Waals surface area contributed by atoms with Crippen molar-refractivity contribution in [2.45, 2.75) is 6.92 Å². The molecule has 0 atom stereocenters. The molecule has 0 aromatic carbocycles. The van der Waals surface area contributed by atoms with Crippen LogP contribution in [0.25, 0.3) is 0 Å². The Morgan fingerprint density at radius 3 is 3.08 bits per heavy atom. The van der Waals surface area contributed by atoms with Crippen LogP contribution in [0.5, 0.6) is 0 Å². The molecule has 0 radical (unpaired) electrons. The highest BCUT2D eigenvalue weighted by molar-refractivity contribution is 9.10. The van der Waals surface area contributed by atoms with Crippen molar-refractivity contribution in [3.8, 4) is 0 Å². The molecule has 70 valence electrons. The van der Waals surface area contributed by atoms with Crippen molar-refractivity contribution in [3.05, 3.63) is 34.7 Å². The van der Waals surface area contributed by atoms with E-state index in [1.807, 2.05) is 19.1 Å². The van der Waals surface area contributed by atoms with Crippen molar-refractivity contribution in [2.75, 3.05) is 11.9 Å². The van der Waals surface area contributed by atoms with Crippen LogP contribution in [0.3, 0.4) is 0 Å². The Hall–Kier alpha value is -0.900. The lowest BCUT2D eigenvalue weighted by Gasteiger charge is -2.03. The highest BCUT2D eigenvalue weighted by atomic mass is 79.9. The van der Waals surface area contributed by atoms with Gasteiger partial charge in [0.05, 0.1) is 0 Å². The first-order chi connectivity index (χ1) is 6.24. The fourth-order valence-corrected chi connectivity index (χ4v) is 1.12. The third kappa shape index (κ3) is 3.14. The van der Waals surface area contributed by atoms with Crippen molar-refractivity contribution < 1.29 is 4.39 Å². The summed E-state index contributed by atoms with van der Waals surface area (Å²) in [5, 5.41) is 2.85. The number of anilines is 1. The second-order valence-corrected chi connectivity index (χ2v) is 3.35. The Labute approximate surface area is 85.0 Å². The molecule has 0 aliphatic heterocycles. The predicted octanol–water partition coefficient (Wildman–Crippen LogP) is 2.97. The van der Waals surface area contributed by atoms with Crippen molar-refractivity contribution in [1.29, 1.82) is 0 Å². The number of hydrogen-bond donors (Lipinski definition) is 1. The van der Waals surface area contributed by atoms with Crippen LogP contribution in [0.15, 0.2) is 28.9 Å². The summed E-state index contributed by atoms with van der Waals surface area (Å²) in [5.74, 6) is -0.0693. The van der Waals surface area contributed by atoms with Gasteiger partial charge < -0.3 is 5.32 Å². The number of halogens is 2. The zero-order chi connectivity index (χ0) is 9.68. The number of aromatic nitrogens is 1. The van der Waals surface area contributed by atoms with Crippen LogP contribution in [0.4, 0.5) is 10.2 Å². The van der Waals surface area contributed by atoms with E-state index < -0.39 is 0 Å². The molecule has 2 nitrogen and oxygen atoms in total. The van der Waals surface area contributed by atoms with E-state index >= 15 is 0 Å². The zero-order valence-corrected chi connectivity index (χ0v) is 8.81. The summed E-state index contributed by atoms with van der Waals surface area (Å²) < 4.78 is 13.7. The minimum Gasteiger partial charge on any atom is -0.364 e. The highest BCUT2D eigenvalue weighted by Gasteiger charge is 2.01. The Bertz CT molecular complexity index is 312. The molecule has 0 aliphatic carbocycles. The quantitative estimate of drug-likeness (QED) is 0.828. The summed E-state index contributed by atoms with van der Waals surface area (Å²) in [6, 6.07) is 1.38. The molecule has 0 amide bonds. The summed E-state index contributed by atoms with van der Waals surface area (Å²) in [6.07, 6.45) is 5.34. The molecule has 0 saturated heterocycles. The van der Waals surface area contributed by atoms with E-state index in [9.17, 15) is 4.39 Å². The zero-order valence-electron chi connectivity index (χ0n) is 7.22. The average Bonchev–Trinajstić information content (AvgIpc) is 2.09. The van der Waals surface area contributed by atoms with Gasteiger partial charge in [-0.1, -0.05) is 12.2 Å². The smallest absolute Gasteiger partial charge is 0.166 e. The van der Waals surface area contributed by atoms with E-state index in [2.05, 4.69) is 26.2 Å². The number of allylic oxidation sites excluding steroid dienone is 1. The van der Waals surface area contributed by atoms with Crippen molar-refractivity contribution in [1.82, 2.24) is 4.98 Å². The van der Waals surface area contributed by atoms with E-state index in [1.54, 1.807) is 6.20 Å². The summed E-state index contributed by atoms with van der Waals surface area (Å²) >= 11 is 3.13. The average molecular weight is 245 g/mol. The lowest BCUT2D eigenvalue weighted by molar-refractivity contribution is 0.624. The molecule has 0 spiro atoms. The van der Waals surface area contributed by atoms with Crippen LogP contribution < -0.4 is 5.32 Å². The summed E-state index contributed by atoms with van der Waals surface area (Å²) in [7, 11) is 0. The Kier molecular flexibility index (Phi) is 3.89. The highest BCUT2D eigenvalue weighted by Crippen LogP contribution is 2.15. The Morgan fingerprint density at radius 2 is 2.46 bits per heavy atom. The first-order valence-electron chi connectivity index (χ1n) is 3.90. The molecule has 1 aromatic rings. The maximum Gasteiger partial charge on any atom is 0.166 e. The topological polar surface area (TPSA) is 24.9 Å². The van der Waals surface area contributed by atoms with E-state index in [4.69, 9.17) is 0 Å². The molecule has 0 fully saturated rings. The molecule has 4 heteroatoms. The molecule has 1 aromatic heterocycles. The normalized spacial score (nSPS) is 10.7. The van der Waals surface area contributed by atoms with E-state index in [1.165, 1.54) is 6.07 Å². The van der Waals surface area contributed by atoms with Gasteiger partial charge in [0.15, 0.2) is 11.6 Å². The standard InChI is InChI=1S/C9H10BrFN2/c1-2-3-4-12-9-8(11)5-7(10)6-13-9/h2-3,5-6H,4H2,1H3,(H,12,13)/b3-2+. The van der Waals surface area contributed by atoms with Crippen molar-refractivity contribution in [2.24, 2.45) is 0 Å². The minimum atomic E-state index is -0.348. The van der Waals surface area contributed by atoms with Crippen LogP contribution in [0, 0.1) is 5.82 Å². The number of pyridine rings is 1. The summed E-state index contributed by atoms with van der Waals surface area (Å²) in [5.41, 5.74) is 0. The molecular weight excluding hydrogens is 235 g/mol. The van der Waals surface area contributed by atoms with Crippen molar-refractivity contribution >= 4 is 21.7 Å². The fourth-order valence-electron chi connectivity index (χ4n) is 0.818. The maximum absolute atomic E-state index is 13.1. The van der Waals surface area contributed by atoms with E-state index in [0.29, 0.717) is 11.0 Å². The third-order valence-electron chi connectivity index (χ3n) is 1.43. The van der Waals surface area contributed by atoms with Gasteiger partial charge in [-0.05, 0) is 28.9 Å². The van der Waals surface area contributed by atoms with Gasteiger partial charge in [-0.25, -0.2) is 9.37 Å². The van der Waals surface area contributed by atoms with Gasteiger partial charge in [0.2, 0.25) is 0 Å². The van der Waals surface area contributed by atoms with Crippen LogP contribution in [0.1, 0.15) is 6.92 Å². The van der Waals surface area contributed by atoms with E-state index in [0.717, 1.165) is 0 Å². The molecule has 1 rings (SSSR count). The van der Waals surface area contributed by atoms with Gasteiger partial charge in [0.1, 0.15) is 0 Å². The molecule has 13 heavy (non-hydrogen) atoms. The van der Waals surface area contributed by atoms with Gasteiger partial charge in [0, 0.05) is 17.2 Å². The molecule has 0 unspecified atom stereocenters. The Balaban J connectivity index is 2.66. The first-order valence-corrected chi connectivity index (χ1v) is 4.69. The monoisotopic (exact) mass is 244 g/mol. The maximum atomic E-state index is 13.1. The van der Waals surface area contributed by atoms with Gasteiger partial charge in [0.25, 0.3) is 0 Å². The number of nitrogens with zero attached hydrogens (tertiary/aromatic N) is 1. The molecule has 0 saturated carbocycles. The van der Waals surface area contributed by atoms with Gasteiger partial charge in [-0.3, -0.25) is 0 Å². The molecule has 0 bridgehead atoms. The second-order valence-electron chi connectivity index (χ2n) is 2.43. The second kappa shape index (κ2) is 4.97. The number of hydrogen-bond acceptors (Lipinski definition) is 2. The minimum absolute atomic E-state index is 0.279. The number of rotatable bonds is 3.